The zero-order chi connectivity index (χ0) is 16.8. The van der Waals surface area contributed by atoms with Gasteiger partial charge < -0.3 is 21.3 Å². The molecule has 2 unspecified atom stereocenters. The normalized spacial score (nSPS) is 20.0. The van der Waals surface area contributed by atoms with Crippen molar-refractivity contribution in [1.29, 1.82) is 0 Å². The zero-order valence-electron chi connectivity index (χ0n) is 14.4. The van der Waals surface area contributed by atoms with Crippen LogP contribution in [0.25, 0.3) is 0 Å². The van der Waals surface area contributed by atoms with Gasteiger partial charge in [0, 0.05) is 18.1 Å². The minimum Gasteiger partial charge on any atom is -0.348 e. The largest absolute Gasteiger partial charge is 0.348 e. The van der Waals surface area contributed by atoms with E-state index in [0.717, 1.165) is 19.4 Å². The van der Waals surface area contributed by atoms with Crippen LogP contribution in [0.5, 0.6) is 0 Å². The Balaban J connectivity index is 0.00000288. The molecule has 0 aromatic heterocycles. The average molecular weight is 355 g/mol. The molecule has 134 valence electrons. The van der Waals surface area contributed by atoms with Crippen LogP contribution in [0.4, 0.5) is 10.5 Å². The van der Waals surface area contributed by atoms with Crippen LogP contribution in [-0.4, -0.2) is 36.6 Å². The number of piperidine rings is 1. The molecule has 1 heterocycles. The molecule has 2 rings (SSSR count). The van der Waals surface area contributed by atoms with Gasteiger partial charge in [-0.25, -0.2) is 4.79 Å². The number of carbonyl (C=O) groups excluding carboxylic acids is 2. The first-order chi connectivity index (χ1) is 11.0. The number of carbonyl (C=O) groups is 2. The van der Waals surface area contributed by atoms with Crippen molar-refractivity contribution >= 4 is 30.0 Å². The molecule has 0 aliphatic carbocycles. The molecule has 1 aliphatic heterocycles. The number of halogens is 1. The van der Waals surface area contributed by atoms with E-state index in [0.29, 0.717) is 11.3 Å². The van der Waals surface area contributed by atoms with Gasteiger partial charge in [0.15, 0.2) is 0 Å². The van der Waals surface area contributed by atoms with E-state index in [1.54, 1.807) is 24.3 Å². The van der Waals surface area contributed by atoms with Crippen LogP contribution in [0.3, 0.4) is 0 Å². The summed E-state index contributed by atoms with van der Waals surface area (Å²) < 4.78 is 0. The van der Waals surface area contributed by atoms with Crippen LogP contribution in [0, 0.1) is 0 Å². The maximum atomic E-state index is 12.6. The molecule has 1 aromatic carbocycles. The summed E-state index contributed by atoms with van der Waals surface area (Å²) in [6, 6.07) is 7.12. The minimum absolute atomic E-state index is 0. The van der Waals surface area contributed by atoms with Gasteiger partial charge in [-0.05, 0) is 52.3 Å². The summed E-state index contributed by atoms with van der Waals surface area (Å²) in [6.07, 6.45) is 2.01. The van der Waals surface area contributed by atoms with Gasteiger partial charge in [0.25, 0.3) is 5.91 Å². The molecule has 7 heteroatoms. The Morgan fingerprint density at radius 1 is 1.25 bits per heavy atom. The van der Waals surface area contributed by atoms with Crippen molar-refractivity contribution in [3.05, 3.63) is 29.8 Å². The lowest BCUT2D eigenvalue weighted by molar-refractivity contribution is 0.0920. The molecule has 1 aliphatic rings. The van der Waals surface area contributed by atoms with Gasteiger partial charge >= 0.3 is 6.03 Å². The molecule has 4 N–H and O–H groups in total. The number of urea groups is 1. The highest BCUT2D eigenvalue weighted by molar-refractivity contribution is 6.03. The summed E-state index contributed by atoms with van der Waals surface area (Å²) in [4.78, 5) is 24.4. The molecule has 3 amide bonds. The third kappa shape index (κ3) is 5.69. The monoisotopic (exact) mass is 354 g/mol. The molecule has 0 bridgehead atoms. The first-order valence-corrected chi connectivity index (χ1v) is 8.18. The van der Waals surface area contributed by atoms with Crippen molar-refractivity contribution in [2.45, 2.75) is 51.7 Å². The van der Waals surface area contributed by atoms with Crippen molar-refractivity contribution in [2.75, 3.05) is 11.9 Å². The maximum absolute atomic E-state index is 12.6. The summed E-state index contributed by atoms with van der Waals surface area (Å²) in [7, 11) is 0. The van der Waals surface area contributed by atoms with Crippen LogP contribution < -0.4 is 21.3 Å². The maximum Gasteiger partial charge on any atom is 0.319 e. The number of amides is 3. The fourth-order valence-electron chi connectivity index (χ4n) is 2.70. The summed E-state index contributed by atoms with van der Waals surface area (Å²) in [5, 5.41) is 11.9. The Morgan fingerprint density at radius 3 is 2.62 bits per heavy atom. The van der Waals surface area contributed by atoms with E-state index in [1.165, 1.54) is 0 Å². The SMILES string of the molecule is CC(C)NC(=O)Nc1ccccc1C(=O)NC1CCCNC1C.Cl. The lowest BCUT2D eigenvalue weighted by Gasteiger charge is -2.30. The molecule has 2 atom stereocenters. The number of hydrogen-bond donors (Lipinski definition) is 4. The fourth-order valence-corrected chi connectivity index (χ4v) is 2.70. The highest BCUT2D eigenvalue weighted by Gasteiger charge is 2.24. The van der Waals surface area contributed by atoms with Crippen LogP contribution in [0.1, 0.15) is 44.0 Å². The predicted octanol–water partition coefficient (Wildman–Crippen LogP) is 2.51. The van der Waals surface area contributed by atoms with E-state index >= 15 is 0 Å². The van der Waals surface area contributed by atoms with E-state index in [-0.39, 0.29) is 42.5 Å². The Kier molecular flexibility index (Phi) is 8.01. The standard InChI is InChI=1S/C17H26N4O2.ClH/c1-11(2)19-17(23)21-15-8-5-4-7-13(15)16(22)20-14-9-6-10-18-12(14)3;/h4-5,7-8,11-12,14,18H,6,9-10H2,1-3H3,(H,20,22)(H2,19,21,23);1H. The van der Waals surface area contributed by atoms with Gasteiger partial charge in [0.1, 0.15) is 0 Å². The Bertz CT molecular complexity index is 565. The molecule has 0 saturated carbocycles. The topological polar surface area (TPSA) is 82.3 Å². The Morgan fingerprint density at radius 2 is 1.96 bits per heavy atom. The van der Waals surface area contributed by atoms with Gasteiger partial charge in [-0.1, -0.05) is 12.1 Å². The number of benzene rings is 1. The zero-order valence-corrected chi connectivity index (χ0v) is 15.2. The second-order valence-electron chi connectivity index (χ2n) is 6.26. The summed E-state index contributed by atoms with van der Waals surface area (Å²) in [6.45, 7) is 6.83. The average Bonchev–Trinajstić information content (AvgIpc) is 2.49. The summed E-state index contributed by atoms with van der Waals surface area (Å²) >= 11 is 0. The number of rotatable bonds is 4. The van der Waals surface area contributed by atoms with Gasteiger partial charge in [0.2, 0.25) is 0 Å². The molecule has 1 aromatic rings. The molecule has 24 heavy (non-hydrogen) atoms. The van der Waals surface area contributed by atoms with Crippen LogP contribution in [-0.2, 0) is 0 Å². The fraction of sp³-hybridized carbons (Fsp3) is 0.529. The van der Waals surface area contributed by atoms with Gasteiger partial charge in [-0.3, -0.25) is 4.79 Å². The van der Waals surface area contributed by atoms with Crippen molar-refractivity contribution in [3.63, 3.8) is 0 Å². The second kappa shape index (κ2) is 9.49. The third-order valence-electron chi connectivity index (χ3n) is 3.92. The summed E-state index contributed by atoms with van der Waals surface area (Å²) in [5.74, 6) is -0.161. The van der Waals surface area contributed by atoms with Crippen molar-refractivity contribution in [2.24, 2.45) is 0 Å². The molecule has 0 spiro atoms. The van der Waals surface area contributed by atoms with Crippen molar-refractivity contribution in [1.82, 2.24) is 16.0 Å². The second-order valence-corrected chi connectivity index (χ2v) is 6.26. The highest BCUT2D eigenvalue weighted by Crippen LogP contribution is 2.16. The van der Waals surface area contributed by atoms with Crippen LogP contribution >= 0.6 is 12.4 Å². The molecule has 1 saturated heterocycles. The first kappa shape index (κ1) is 20.3. The smallest absolute Gasteiger partial charge is 0.319 e. The Labute approximate surface area is 149 Å². The van der Waals surface area contributed by atoms with Crippen molar-refractivity contribution < 1.29 is 9.59 Å². The molecular weight excluding hydrogens is 328 g/mol. The van der Waals surface area contributed by atoms with Gasteiger partial charge in [-0.2, -0.15) is 0 Å². The van der Waals surface area contributed by atoms with E-state index in [2.05, 4.69) is 28.2 Å². The lowest BCUT2D eigenvalue weighted by atomic mass is 9.99. The molecular formula is C17H27ClN4O2. The number of nitrogens with one attached hydrogen (secondary N) is 4. The summed E-state index contributed by atoms with van der Waals surface area (Å²) in [5.41, 5.74) is 0.990. The first-order valence-electron chi connectivity index (χ1n) is 8.18. The lowest BCUT2D eigenvalue weighted by Crippen LogP contribution is -2.52. The van der Waals surface area contributed by atoms with Gasteiger partial charge in [0.05, 0.1) is 11.3 Å². The van der Waals surface area contributed by atoms with E-state index in [9.17, 15) is 9.59 Å². The van der Waals surface area contributed by atoms with Crippen molar-refractivity contribution in [3.8, 4) is 0 Å². The third-order valence-corrected chi connectivity index (χ3v) is 3.92. The molecule has 0 radical (unpaired) electrons. The number of para-hydroxylation sites is 1. The highest BCUT2D eigenvalue weighted by atomic mass is 35.5. The van der Waals surface area contributed by atoms with Crippen LogP contribution in [0.15, 0.2) is 24.3 Å². The quantitative estimate of drug-likeness (QED) is 0.670. The Hall–Kier alpha value is -1.79. The molecule has 6 nitrogen and oxygen atoms in total. The van der Waals surface area contributed by atoms with Crippen LogP contribution in [0.2, 0.25) is 0 Å². The van der Waals surface area contributed by atoms with Gasteiger partial charge in [-0.15, -0.1) is 12.4 Å². The number of anilines is 1. The van der Waals surface area contributed by atoms with E-state index in [1.807, 2.05) is 13.8 Å². The number of hydrogen-bond acceptors (Lipinski definition) is 3. The molecule has 1 fully saturated rings. The van der Waals surface area contributed by atoms with E-state index < -0.39 is 0 Å². The minimum atomic E-state index is -0.312. The van der Waals surface area contributed by atoms with E-state index in [4.69, 9.17) is 0 Å². The predicted molar refractivity (Wildman–Crippen MR) is 98.9 cm³/mol.